The average Bonchev–Trinajstić information content (AvgIpc) is 3.09. The molecule has 1 heterocycles. The van der Waals surface area contributed by atoms with Crippen LogP contribution < -0.4 is 5.32 Å². The summed E-state index contributed by atoms with van der Waals surface area (Å²) in [6.45, 7) is 4.59. The van der Waals surface area contributed by atoms with Crippen LogP contribution in [0.3, 0.4) is 0 Å². The van der Waals surface area contributed by atoms with Crippen LogP contribution in [0.2, 0.25) is 5.02 Å². The summed E-state index contributed by atoms with van der Waals surface area (Å²) in [6.07, 6.45) is 1.55. The van der Waals surface area contributed by atoms with Gasteiger partial charge in [0.25, 0.3) is 0 Å². The number of nitrogens with one attached hydrogen (secondary N) is 1. The molecule has 146 valence electrons. The Hall–Kier alpha value is -2.31. The van der Waals surface area contributed by atoms with Gasteiger partial charge < -0.3 is 5.32 Å². The van der Waals surface area contributed by atoms with Gasteiger partial charge in [0.05, 0.1) is 5.25 Å². The predicted octanol–water partition coefficient (Wildman–Crippen LogP) is 4.52. The van der Waals surface area contributed by atoms with E-state index in [1.807, 2.05) is 60.9 Å². The summed E-state index contributed by atoms with van der Waals surface area (Å²) in [4.78, 5) is 12.3. The second-order valence-corrected chi connectivity index (χ2v) is 8.17. The number of benzene rings is 2. The Morgan fingerprint density at radius 2 is 1.86 bits per heavy atom. The van der Waals surface area contributed by atoms with Crippen LogP contribution in [-0.4, -0.2) is 32.5 Å². The second-order valence-electron chi connectivity index (χ2n) is 6.42. The Labute approximate surface area is 174 Å². The lowest BCUT2D eigenvalue weighted by atomic mass is 10.1. The molecule has 2 aromatic carbocycles. The van der Waals surface area contributed by atoms with E-state index in [1.54, 1.807) is 0 Å². The summed E-state index contributed by atoms with van der Waals surface area (Å²) >= 11 is 7.46. The highest BCUT2D eigenvalue weighted by molar-refractivity contribution is 8.00. The highest BCUT2D eigenvalue weighted by atomic mass is 35.5. The Balaban J connectivity index is 1.91. The van der Waals surface area contributed by atoms with E-state index in [-0.39, 0.29) is 11.2 Å². The van der Waals surface area contributed by atoms with Crippen molar-refractivity contribution in [2.24, 2.45) is 0 Å². The van der Waals surface area contributed by atoms with E-state index in [2.05, 4.69) is 27.6 Å². The number of halogens is 1. The molecule has 0 saturated heterocycles. The van der Waals surface area contributed by atoms with Crippen molar-refractivity contribution in [3.05, 3.63) is 71.0 Å². The smallest absolute Gasteiger partial charge is 0.233 e. The van der Waals surface area contributed by atoms with Gasteiger partial charge in [-0.25, -0.2) is 0 Å². The number of carbonyl (C=O) groups is 1. The summed E-state index contributed by atoms with van der Waals surface area (Å²) in [5.74, 6) is 0.819. The van der Waals surface area contributed by atoms with Gasteiger partial charge in [-0.15, -0.1) is 10.2 Å². The monoisotopic (exact) mass is 414 g/mol. The summed E-state index contributed by atoms with van der Waals surface area (Å²) in [5, 5.41) is 12.8. The van der Waals surface area contributed by atoms with Crippen LogP contribution in [0.15, 0.2) is 59.8 Å². The second kappa shape index (κ2) is 9.75. The van der Waals surface area contributed by atoms with E-state index in [4.69, 9.17) is 11.6 Å². The number of amides is 1. The number of thioether (sulfide) groups is 1. The van der Waals surface area contributed by atoms with Crippen LogP contribution in [0, 0.1) is 0 Å². The van der Waals surface area contributed by atoms with Gasteiger partial charge in [0, 0.05) is 23.7 Å². The maximum Gasteiger partial charge on any atom is 0.233 e. The van der Waals surface area contributed by atoms with E-state index in [0.29, 0.717) is 23.1 Å². The van der Waals surface area contributed by atoms with E-state index < -0.39 is 0 Å². The molecular formula is C21H23ClN4OS. The zero-order chi connectivity index (χ0) is 19.9. The lowest BCUT2D eigenvalue weighted by Crippen LogP contribution is -2.31. The molecule has 7 heteroatoms. The summed E-state index contributed by atoms with van der Waals surface area (Å²) in [7, 11) is 0. The fraction of sp³-hybridized carbons (Fsp3) is 0.286. The van der Waals surface area contributed by atoms with Crippen LogP contribution in [0.5, 0.6) is 0 Å². The first kappa shape index (κ1) is 20.4. The normalized spacial score (nSPS) is 12.0. The van der Waals surface area contributed by atoms with E-state index in [9.17, 15) is 4.79 Å². The molecule has 5 nitrogen and oxygen atoms in total. The molecule has 3 rings (SSSR count). The lowest BCUT2D eigenvalue weighted by Gasteiger charge is -2.14. The number of aromatic nitrogens is 3. The first-order valence-corrected chi connectivity index (χ1v) is 10.5. The van der Waals surface area contributed by atoms with Crippen LogP contribution in [0.4, 0.5) is 0 Å². The van der Waals surface area contributed by atoms with E-state index >= 15 is 0 Å². The third kappa shape index (κ3) is 5.14. The van der Waals surface area contributed by atoms with Crippen LogP contribution in [0.1, 0.15) is 31.7 Å². The topological polar surface area (TPSA) is 59.8 Å². The first-order chi connectivity index (χ1) is 13.6. The van der Waals surface area contributed by atoms with Crippen LogP contribution in [-0.2, 0) is 11.2 Å². The van der Waals surface area contributed by atoms with Crippen molar-refractivity contribution in [1.29, 1.82) is 0 Å². The Morgan fingerprint density at radius 3 is 2.54 bits per heavy atom. The van der Waals surface area contributed by atoms with Crippen molar-refractivity contribution in [2.75, 3.05) is 6.54 Å². The van der Waals surface area contributed by atoms with E-state index in [0.717, 1.165) is 23.5 Å². The molecule has 0 saturated carbocycles. The molecule has 0 aliphatic heterocycles. The van der Waals surface area contributed by atoms with Gasteiger partial charge in [0.2, 0.25) is 5.91 Å². The number of nitrogens with zero attached hydrogens (tertiary/aromatic N) is 3. The van der Waals surface area contributed by atoms with Crippen molar-refractivity contribution < 1.29 is 4.79 Å². The molecule has 28 heavy (non-hydrogen) atoms. The predicted molar refractivity (Wildman–Crippen MR) is 114 cm³/mol. The third-order valence-electron chi connectivity index (χ3n) is 4.19. The van der Waals surface area contributed by atoms with Crippen LogP contribution >= 0.6 is 23.4 Å². The largest absolute Gasteiger partial charge is 0.355 e. The fourth-order valence-corrected chi connectivity index (χ4v) is 3.76. The third-order valence-corrected chi connectivity index (χ3v) is 5.49. The van der Waals surface area contributed by atoms with Gasteiger partial charge in [-0.3, -0.25) is 9.36 Å². The molecule has 0 aliphatic rings. The van der Waals surface area contributed by atoms with Crippen molar-refractivity contribution >= 4 is 29.3 Å². The molecule has 1 amide bonds. The molecule has 3 aromatic rings. The average molecular weight is 415 g/mol. The standard InChI is InChI=1S/C21H23ClN4OS/c1-3-13-23-20(27)15(2)28-21-25-24-19(14-16-7-5-4-6-8-16)26(21)18-11-9-17(22)10-12-18/h4-12,15H,3,13-14H2,1-2H3,(H,23,27). The van der Waals surface area contributed by atoms with Crippen molar-refractivity contribution in [1.82, 2.24) is 20.1 Å². The molecule has 0 bridgehead atoms. The highest BCUT2D eigenvalue weighted by Gasteiger charge is 2.21. The molecule has 0 radical (unpaired) electrons. The lowest BCUT2D eigenvalue weighted by molar-refractivity contribution is -0.120. The molecule has 0 aliphatic carbocycles. The van der Waals surface area contributed by atoms with Crippen molar-refractivity contribution in [3.8, 4) is 5.69 Å². The van der Waals surface area contributed by atoms with Crippen molar-refractivity contribution in [3.63, 3.8) is 0 Å². The molecule has 1 unspecified atom stereocenters. The molecule has 1 N–H and O–H groups in total. The number of carbonyl (C=O) groups excluding carboxylic acids is 1. The van der Waals surface area contributed by atoms with E-state index in [1.165, 1.54) is 11.8 Å². The summed E-state index contributed by atoms with van der Waals surface area (Å²) in [5.41, 5.74) is 2.07. The van der Waals surface area contributed by atoms with Gasteiger partial charge in [0.15, 0.2) is 5.16 Å². The van der Waals surface area contributed by atoms with Gasteiger partial charge in [-0.05, 0) is 43.2 Å². The Morgan fingerprint density at radius 1 is 1.14 bits per heavy atom. The summed E-state index contributed by atoms with van der Waals surface area (Å²) in [6, 6.07) is 17.7. The molecular weight excluding hydrogens is 392 g/mol. The van der Waals surface area contributed by atoms with Gasteiger partial charge in [-0.2, -0.15) is 0 Å². The SMILES string of the molecule is CCCNC(=O)C(C)Sc1nnc(Cc2ccccc2)n1-c1ccc(Cl)cc1. The summed E-state index contributed by atoms with van der Waals surface area (Å²) < 4.78 is 2.00. The van der Waals surface area contributed by atoms with Gasteiger partial charge in [0.1, 0.15) is 5.82 Å². The number of hydrogen-bond acceptors (Lipinski definition) is 4. The Kier molecular flexibility index (Phi) is 7.12. The van der Waals surface area contributed by atoms with Crippen LogP contribution in [0.25, 0.3) is 5.69 Å². The molecule has 0 spiro atoms. The molecule has 0 fully saturated rings. The Bertz CT molecular complexity index is 912. The minimum atomic E-state index is -0.272. The minimum Gasteiger partial charge on any atom is -0.355 e. The van der Waals surface area contributed by atoms with Crippen molar-refractivity contribution in [2.45, 2.75) is 37.1 Å². The number of rotatable bonds is 8. The maximum atomic E-state index is 12.3. The number of hydrogen-bond donors (Lipinski definition) is 1. The fourth-order valence-electron chi connectivity index (χ4n) is 2.72. The zero-order valence-corrected chi connectivity index (χ0v) is 17.5. The quantitative estimate of drug-likeness (QED) is 0.550. The first-order valence-electron chi connectivity index (χ1n) is 9.27. The molecule has 1 atom stereocenters. The van der Waals surface area contributed by atoms with Gasteiger partial charge >= 0.3 is 0 Å². The molecule has 1 aromatic heterocycles. The maximum absolute atomic E-state index is 12.3. The van der Waals surface area contributed by atoms with Gasteiger partial charge in [-0.1, -0.05) is 60.6 Å². The minimum absolute atomic E-state index is 0.00196. The zero-order valence-electron chi connectivity index (χ0n) is 15.9. The highest BCUT2D eigenvalue weighted by Crippen LogP contribution is 2.27.